The summed E-state index contributed by atoms with van der Waals surface area (Å²) >= 11 is 0. The summed E-state index contributed by atoms with van der Waals surface area (Å²) < 4.78 is 51.0. The maximum atomic E-state index is 12.9. The monoisotopic (exact) mass is 356 g/mol. The topological polar surface area (TPSA) is 69.5 Å². The van der Waals surface area contributed by atoms with Gasteiger partial charge in [-0.1, -0.05) is 24.3 Å². The molecule has 134 valence electrons. The maximum Gasteiger partial charge on any atom is 0.451 e. The molecule has 10 heteroatoms. The Balaban J connectivity index is 1.45. The lowest BCUT2D eigenvalue weighted by Crippen LogP contribution is -2.52. The summed E-state index contributed by atoms with van der Waals surface area (Å²) in [6.45, 7) is 0.197. The molecule has 0 saturated carbocycles. The van der Waals surface area contributed by atoms with E-state index in [-0.39, 0.29) is 50.2 Å². The van der Waals surface area contributed by atoms with Gasteiger partial charge in [-0.25, -0.2) is 0 Å². The molecule has 1 aromatic rings. The highest BCUT2D eigenvalue weighted by Gasteiger charge is 2.41. The molecule has 25 heavy (non-hydrogen) atoms. The zero-order chi connectivity index (χ0) is 17.6. The number of carbonyl (C=O) groups excluding carboxylic acids is 1. The van der Waals surface area contributed by atoms with Gasteiger partial charge < -0.3 is 18.9 Å². The van der Waals surface area contributed by atoms with Crippen LogP contribution in [0.2, 0.25) is 0 Å². The number of rotatable bonds is 1. The lowest BCUT2D eigenvalue weighted by Gasteiger charge is -2.37. The summed E-state index contributed by atoms with van der Waals surface area (Å²) in [6, 6.07) is 0. The van der Waals surface area contributed by atoms with Crippen LogP contribution in [0.15, 0.2) is 24.3 Å². The molecule has 0 aromatic carbocycles. The van der Waals surface area contributed by atoms with Gasteiger partial charge in [0.2, 0.25) is 5.82 Å². The van der Waals surface area contributed by atoms with Crippen LogP contribution in [0.1, 0.15) is 11.6 Å². The maximum absolute atomic E-state index is 12.9. The van der Waals surface area contributed by atoms with E-state index in [2.05, 4.69) is 10.2 Å². The largest absolute Gasteiger partial charge is 0.451 e. The second-order valence-corrected chi connectivity index (χ2v) is 6.01. The number of carbonyl (C=O) groups is 1. The van der Waals surface area contributed by atoms with Crippen LogP contribution in [0.25, 0.3) is 0 Å². The highest BCUT2D eigenvalue weighted by Crippen LogP contribution is 2.30. The summed E-state index contributed by atoms with van der Waals surface area (Å²) in [5, 5.41) is 6.78. The van der Waals surface area contributed by atoms with Gasteiger partial charge in [-0.05, 0) is 0 Å². The average Bonchev–Trinajstić information content (AvgIpc) is 3.04. The van der Waals surface area contributed by atoms with Crippen molar-refractivity contribution in [2.75, 3.05) is 13.2 Å². The molecule has 7 nitrogen and oxygen atoms in total. The lowest BCUT2D eigenvalue weighted by molar-refractivity contribution is -0.177. The van der Waals surface area contributed by atoms with Crippen molar-refractivity contribution in [3.63, 3.8) is 0 Å². The molecule has 3 atom stereocenters. The predicted octanol–water partition coefficient (Wildman–Crippen LogP) is 0.918. The van der Waals surface area contributed by atoms with Gasteiger partial charge >= 0.3 is 6.18 Å². The van der Waals surface area contributed by atoms with Crippen molar-refractivity contribution < 1.29 is 27.4 Å². The van der Waals surface area contributed by atoms with Crippen molar-refractivity contribution in [3.8, 4) is 0 Å². The van der Waals surface area contributed by atoms with E-state index in [1.807, 2.05) is 24.3 Å². The molecule has 0 N–H and O–H groups in total. The quantitative estimate of drug-likeness (QED) is 0.748. The smallest absolute Gasteiger partial charge is 0.368 e. The molecule has 1 saturated heterocycles. The standard InChI is InChI=1S/C15H15F3N4O3/c16-15(17,18)14-20-19-12-7-21(5-6-22(12)14)13(23)11-8-24-9-3-1-2-4-10(9)25-11/h1-4,9-11H,5-8H2. The highest BCUT2D eigenvalue weighted by molar-refractivity contribution is 5.81. The highest BCUT2D eigenvalue weighted by atomic mass is 19.4. The first-order valence-electron chi connectivity index (χ1n) is 7.83. The fraction of sp³-hybridized carbons (Fsp3) is 0.533. The Hall–Kier alpha value is -2.20. The number of halogens is 3. The van der Waals surface area contributed by atoms with Crippen LogP contribution >= 0.6 is 0 Å². The lowest BCUT2D eigenvalue weighted by atomic mass is 10.1. The number of hydrogen-bond donors (Lipinski definition) is 0. The van der Waals surface area contributed by atoms with Gasteiger partial charge in [0.15, 0.2) is 11.9 Å². The third-order valence-electron chi connectivity index (χ3n) is 4.39. The van der Waals surface area contributed by atoms with Crippen LogP contribution < -0.4 is 0 Å². The van der Waals surface area contributed by atoms with E-state index in [0.29, 0.717) is 0 Å². The molecule has 1 fully saturated rings. The first kappa shape index (κ1) is 16.3. The normalized spacial score (nSPS) is 28.6. The molecule has 4 rings (SSSR count). The van der Waals surface area contributed by atoms with Gasteiger partial charge in [-0.15, -0.1) is 10.2 Å². The van der Waals surface area contributed by atoms with Crippen LogP contribution in [-0.2, 0) is 33.5 Å². The summed E-state index contributed by atoms with van der Waals surface area (Å²) in [5.74, 6) is -1.24. The summed E-state index contributed by atoms with van der Waals surface area (Å²) in [7, 11) is 0. The molecule has 3 aliphatic rings. The zero-order valence-corrected chi connectivity index (χ0v) is 13.0. The second-order valence-electron chi connectivity index (χ2n) is 6.01. The molecular formula is C15H15F3N4O3. The van der Waals surface area contributed by atoms with Crippen molar-refractivity contribution in [2.24, 2.45) is 0 Å². The number of allylic oxidation sites excluding steroid dienone is 2. The minimum absolute atomic E-state index is 0.00874. The van der Waals surface area contributed by atoms with E-state index in [1.54, 1.807) is 0 Å². The number of hydrogen-bond acceptors (Lipinski definition) is 5. The molecule has 1 aliphatic carbocycles. The Morgan fingerprint density at radius 2 is 1.92 bits per heavy atom. The van der Waals surface area contributed by atoms with E-state index in [4.69, 9.17) is 9.47 Å². The number of aromatic nitrogens is 3. The Bertz CT molecular complexity index is 743. The molecule has 0 radical (unpaired) electrons. The average molecular weight is 356 g/mol. The molecule has 0 spiro atoms. The van der Waals surface area contributed by atoms with E-state index in [1.165, 1.54) is 4.90 Å². The Morgan fingerprint density at radius 1 is 1.16 bits per heavy atom. The molecule has 1 aromatic heterocycles. The number of amides is 1. The van der Waals surface area contributed by atoms with Gasteiger partial charge in [0, 0.05) is 13.1 Å². The predicted molar refractivity (Wildman–Crippen MR) is 77.1 cm³/mol. The third kappa shape index (κ3) is 2.95. The van der Waals surface area contributed by atoms with Crippen LogP contribution in [-0.4, -0.2) is 57.0 Å². The van der Waals surface area contributed by atoms with Crippen LogP contribution in [0.4, 0.5) is 13.2 Å². The molecule has 3 unspecified atom stereocenters. The molecule has 3 heterocycles. The number of nitrogens with zero attached hydrogens (tertiary/aromatic N) is 4. The number of alkyl halides is 3. The van der Waals surface area contributed by atoms with Crippen LogP contribution in [0.5, 0.6) is 0 Å². The first-order chi connectivity index (χ1) is 11.9. The fourth-order valence-electron chi connectivity index (χ4n) is 3.16. The van der Waals surface area contributed by atoms with E-state index in [0.717, 1.165) is 4.57 Å². The first-order valence-corrected chi connectivity index (χ1v) is 7.83. The minimum Gasteiger partial charge on any atom is -0.368 e. The Morgan fingerprint density at radius 3 is 2.68 bits per heavy atom. The van der Waals surface area contributed by atoms with Crippen molar-refractivity contribution in [3.05, 3.63) is 36.0 Å². The molecular weight excluding hydrogens is 341 g/mol. The van der Waals surface area contributed by atoms with Gasteiger partial charge in [0.25, 0.3) is 5.91 Å². The van der Waals surface area contributed by atoms with E-state index in [9.17, 15) is 18.0 Å². The summed E-state index contributed by atoms with van der Waals surface area (Å²) in [4.78, 5) is 14.1. The Labute approximate surface area is 140 Å². The van der Waals surface area contributed by atoms with Gasteiger partial charge in [0.1, 0.15) is 12.2 Å². The van der Waals surface area contributed by atoms with Crippen molar-refractivity contribution >= 4 is 5.91 Å². The van der Waals surface area contributed by atoms with Crippen molar-refractivity contribution in [2.45, 2.75) is 37.6 Å². The van der Waals surface area contributed by atoms with E-state index < -0.39 is 18.1 Å². The molecule has 0 bridgehead atoms. The minimum atomic E-state index is -4.56. The van der Waals surface area contributed by atoms with Gasteiger partial charge in [-0.3, -0.25) is 4.79 Å². The Kier molecular flexibility index (Phi) is 3.88. The fourth-order valence-corrected chi connectivity index (χ4v) is 3.16. The van der Waals surface area contributed by atoms with E-state index >= 15 is 0 Å². The van der Waals surface area contributed by atoms with Crippen LogP contribution in [0.3, 0.4) is 0 Å². The number of ether oxygens (including phenoxy) is 2. The van der Waals surface area contributed by atoms with Crippen molar-refractivity contribution in [1.29, 1.82) is 0 Å². The zero-order valence-electron chi connectivity index (χ0n) is 13.0. The van der Waals surface area contributed by atoms with Gasteiger partial charge in [0.05, 0.1) is 13.2 Å². The molecule has 1 amide bonds. The molecule has 2 aliphatic heterocycles. The summed E-state index contributed by atoms with van der Waals surface area (Å²) in [6.07, 6.45) is 1.44. The summed E-state index contributed by atoms with van der Waals surface area (Å²) in [5.41, 5.74) is 0. The van der Waals surface area contributed by atoms with Gasteiger partial charge in [-0.2, -0.15) is 13.2 Å². The van der Waals surface area contributed by atoms with Crippen LogP contribution in [0, 0.1) is 0 Å². The third-order valence-corrected chi connectivity index (χ3v) is 4.39. The second kappa shape index (κ2) is 5.95. The van der Waals surface area contributed by atoms with Crippen molar-refractivity contribution in [1.82, 2.24) is 19.7 Å². The number of fused-ring (bicyclic) bond motifs is 2. The SMILES string of the molecule is O=C(C1COC2C=CC=CC2O1)N1CCn2c(nnc2C(F)(F)F)C1.